The number of thiophene rings is 1. The maximum atomic E-state index is 5.42. The van der Waals surface area contributed by atoms with E-state index < -0.39 is 0 Å². The zero-order valence-electron chi connectivity index (χ0n) is 14.1. The third kappa shape index (κ3) is 5.39. The fourth-order valence-electron chi connectivity index (χ4n) is 2.39. The highest BCUT2D eigenvalue weighted by Crippen LogP contribution is 2.22. The number of rotatable bonds is 8. The van der Waals surface area contributed by atoms with Crippen molar-refractivity contribution in [3.05, 3.63) is 39.9 Å². The van der Waals surface area contributed by atoms with Crippen LogP contribution in [0.15, 0.2) is 33.1 Å². The van der Waals surface area contributed by atoms with Crippen LogP contribution in [-0.4, -0.2) is 17.7 Å². The van der Waals surface area contributed by atoms with Crippen molar-refractivity contribution in [3.8, 4) is 0 Å². The molecular formula is C17H26N4OS. The van der Waals surface area contributed by atoms with Gasteiger partial charge in [0.2, 0.25) is 0 Å². The minimum Gasteiger partial charge on any atom is -0.359 e. The molecular weight excluding hydrogens is 308 g/mol. The summed E-state index contributed by atoms with van der Waals surface area (Å²) in [5.41, 5.74) is 1.04. The average Bonchev–Trinajstić information content (AvgIpc) is 3.23. The number of aromatic nitrogens is 1. The lowest BCUT2D eigenvalue weighted by molar-refractivity contribution is 0.372. The van der Waals surface area contributed by atoms with E-state index in [9.17, 15) is 0 Å². The SMILES string of the molecule is CCNC(=NCc1cc(C(CC)CC)no1)NCc1cccs1. The molecule has 0 aliphatic rings. The van der Waals surface area contributed by atoms with Crippen LogP contribution in [0.25, 0.3) is 0 Å². The van der Waals surface area contributed by atoms with Gasteiger partial charge in [-0.3, -0.25) is 0 Å². The number of guanidine groups is 1. The topological polar surface area (TPSA) is 62.5 Å². The number of nitrogens with zero attached hydrogens (tertiary/aromatic N) is 2. The highest BCUT2D eigenvalue weighted by molar-refractivity contribution is 7.09. The molecule has 2 aromatic heterocycles. The molecule has 126 valence electrons. The van der Waals surface area contributed by atoms with E-state index in [2.05, 4.69) is 59.1 Å². The van der Waals surface area contributed by atoms with Gasteiger partial charge in [-0.25, -0.2) is 4.99 Å². The first-order valence-corrected chi connectivity index (χ1v) is 9.14. The van der Waals surface area contributed by atoms with Gasteiger partial charge >= 0.3 is 0 Å². The van der Waals surface area contributed by atoms with Crippen molar-refractivity contribution in [2.75, 3.05) is 6.54 Å². The van der Waals surface area contributed by atoms with Gasteiger partial charge in [0, 0.05) is 23.4 Å². The monoisotopic (exact) mass is 334 g/mol. The van der Waals surface area contributed by atoms with Gasteiger partial charge < -0.3 is 15.2 Å². The maximum absolute atomic E-state index is 5.42. The lowest BCUT2D eigenvalue weighted by atomic mass is 9.99. The van der Waals surface area contributed by atoms with Crippen LogP contribution in [0.5, 0.6) is 0 Å². The van der Waals surface area contributed by atoms with Gasteiger partial charge in [-0.2, -0.15) is 0 Å². The third-order valence-electron chi connectivity index (χ3n) is 3.73. The van der Waals surface area contributed by atoms with E-state index in [0.29, 0.717) is 12.5 Å². The van der Waals surface area contributed by atoms with E-state index >= 15 is 0 Å². The second-order valence-electron chi connectivity index (χ2n) is 5.36. The zero-order valence-corrected chi connectivity index (χ0v) is 14.9. The summed E-state index contributed by atoms with van der Waals surface area (Å²) in [5.74, 6) is 2.07. The summed E-state index contributed by atoms with van der Waals surface area (Å²) in [6, 6.07) is 6.20. The molecule has 0 aliphatic carbocycles. The Labute approximate surface area is 142 Å². The Morgan fingerprint density at radius 3 is 2.78 bits per heavy atom. The average molecular weight is 334 g/mol. The molecule has 0 saturated heterocycles. The lowest BCUT2D eigenvalue weighted by Crippen LogP contribution is -2.36. The van der Waals surface area contributed by atoms with Gasteiger partial charge in [0.1, 0.15) is 6.54 Å². The summed E-state index contributed by atoms with van der Waals surface area (Å²) < 4.78 is 5.42. The molecule has 0 fully saturated rings. The molecule has 0 atom stereocenters. The second-order valence-corrected chi connectivity index (χ2v) is 6.39. The number of hydrogen-bond acceptors (Lipinski definition) is 4. The Bertz CT molecular complexity index is 588. The van der Waals surface area contributed by atoms with Crippen LogP contribution in [-0.2, 0) is 13.1 Å². The predicted octanol–water partition coefficient (Wildman–Crippen LogP) is 3.90. The van der Waals surface area contributed by atoms with Gasteiger partial charge in [-0.05, 0) is 31.2 Å². The van der Waals surface area contributed by atoms with E-state index in [-0.39, 0.29) is 0 Å². The van der Waals surface area contributed by atoms with E-state index in [4.69, 9.17) is 4.52 Å². The number of nitrogens with one attached hydrogen (secondary N) is 2. The molecule has 0 spiro atoms. The van der Waals surface area contributed by atoms with Crippen molar-refractivity contribution in [1.29, 1.82) is 0 Å². The first-order chi connectivity index (χ1) is 11.3. The Hall–Kier alpha value is -1.82. The molecule has 2 N–H and O–H groups in total. The number of hydrogen-bond donors (Lipinski definition) is 2. The highest BCUT2D eigenvalue weighted by atomic mass is 32.1. The van der Waals surface area contributed by atoms with Crippen molar-refractivity contribution in [3.63, 3.8) is 0 Å². The summed E-state index contributed by atoms with van der Waals surface area (Å²) in [6.07, 6.45) is 2.16. The van der Waals surface area contributed by atoms with Crippen molar-refractivity contribution in [2.24, 2.45) is 4.99 Å². The van der Waals surface area contributed by atoms with Gasteiger partial charge in [-0.15, -0.1) is 11.3 Å². The third-order valence-corrected chi connectivity index (χ3v) is 4.60. The van der Waals surface area contributed by atoms with Crippen LogP contribution >= 0.6 is 11.3 Å². The standard InChI is InChI=1S/C17H26N4OS/c1-4-13(5-2)16-10-14(22-21-16)11-19-17(18-6-3)20-12-15-8-7-9-23-15/h7-10,13H,4-6,11-12H2,1-3H3,(H2,18,19,20). The zero-order chi connectivity index (χ0) is 16.5. The minimum absolute atomic E-state index is 0.474. The predicted molar refractivity (Wildman–Crippen MR) is 95.8 cm³/mol. The molecule has 2 rings (SSSR count). The maximum Gasteiger partial charge on any atom is 0.191 e. The van der Waals surface area contributed by atoms with Crippen molar-refractivity contribution in [2.45, 2.75) is 52.6 Å². The van der Waals surface area contributed by atoms with Gasteiger partial charge in [-0.1, -0.05) is 25.1 Å². The molecule has 0 saturated carbocycles. The Balaban J connectivity index is 1.94. The van der Waals surface area contributed by atoms with E-state index in [1.54, 1.807) is 11.3 Å². The fourth-order valence-corrected chi connectivity index (χ4v) is 3.03. The summed E-state index contributed by atoms with van der Waals surface area (Å²) >= 11 is 1.74. The first-order valence-electron chi connectivity index (χ1n) is 8.26. The first kappa shape index (κ1) is 17.5. The fraction of sp³-hybridized carbons (Fsp3) is 0.529. The van der Waals surface area contributed by atoms with Crippen molar-refractivity contribution < 1.29 is 4.52 Å². The Morgan fingerprint density at radius 2 is 2.13 bits per heavy atom. The smallest absolute Gasteiger partial charge is 0.191 e. The van der Waals surface area contributed by atoms with Gasteiger partial charge in [0.05, 0.1) is 12.2 Å². The molecule has 2 heterocycles. The molecule has 0 bridgehead atoms. The van der Waals surface area contributed by atoms with E-state index in [0.717, 1.165) is 43.3 Å². The van der Waals surface area contributed by atoms with Crippen molar-refractivity contribution in [1.82, 2.24) is 15.8 Å². The largest absolute Gasteiger partial charge is 0.359 e. The quantitative estimate of drug-likeness (QED) is 0.568. The van der Waals surface area contributed by atoms with Crippen molar-refractivity contribution >= 4 is 17.3 Å². The van der Waals surface area contributed by atoms with Gasteiger partial charge in [0.25, 0.3) is 0 Å². The lowest BCUT2D eigenvalue weighted by Gasteiger charge is -2.09. The summed E-state index contributed by atoms with van der Waals surface area (Å²) in [5, 5.41) is 12.8. The Morgan fingerprint density at radius 1 is 1.30 bits per heavy atom. The molecule has 5 nitrogen and oxygen atoms in total. The molecule has 0 unspecified atom stereocenters. The molecule has 23 heavy (non-hydrogen) atoms. The van der Waals surface area contributed by atoms with Crippen LogP contribution in [0.1, 0.15) is 55.9 Å². The highest BCUT2D eigenvalue weighted by Gasteiger charge is 2.12. The summed E-state index contributed by atoms with van der Waals surface area (Å²) in [6.45, 7) is 8.51. The summed E-state index contributed by atoms with van der Waals surface area (Å²) in [7, 11) is 0. The molecule has 0 aliphatic heterocycles. The van der Waals surface area contributed by atoms with E-state index in [1.807, 2.05) is 6.07 Å². The van der Waals surface area contributed by atoms with Crippen LogP contribution in [0, 0.1) is 0 Å². The van der Waals surface area contributed by atoms with Crippen LogP contribution in [0.3, 0.4) is 0 Å². The number of aliphatic imine (C=N–C) groups is 1. The second kappa shape index (κ2) is 9.35. The normalized spacial score (nSPS) is 11.9. The van der Waals surface area contributed by atoms with Gasteiger partial charge in [0.15, 0.2) is 11.7 Å². The minimum atomic E-state index is 0.474. The molecule has 0 amide bonds. The summed E-state index contributed by atoms with van der Waals surface area (Å²) in [4.78, 5) is 5.86. The van der Waals surface area contributed by atoms with Crippen LogP contribution < -0.4 is 10.6 Å². The molecule has 2 aromatic rings. The molecule has 0 radical (unpaired) electrons. The molecule has 6 heteroatoms. The van der Waals surface area contributed by atoms with E-state index in [1.165, 1.54) is 4.88 Å². The Kier molecular flexibility index (Phi) is 7.13. The van der Waals surface area contributed by atoms with Crippen LogP contribution in [0.2, 0.25) is 0 Å². The molecule has 0 aromatic carbocycles. The van der Waals surface area contributed by atoms with Crippen LogP contribution in [0.4, 0.5) is 0 Å².